The Hall–Kier alpha value is -1.55. The molecule has 0 amide bonds. The van der Waals surface area contributed by atoms with Crippen LogP contribution in [0.25, 0.3) is 0 Å². The van der Waals surface area contributed by atoms with Gasteiger partial charge >= 0.3 is 5.97 Å². The van der Waals surface area contributed by atoms with E-state index in [-0.39, 0.29) is 5.75 Å². The van der Waals surface area contributed by atoms with Crippen molar-refractivity contribution in [1.29, 1.82) is 0 Å². The van der Waals surface area contributed by atoms with Crippen molar-refractivity contribution in [2.24, 2.45) is 5.92 Å². The Balaban J connectivity index is 2.38. The van der Waals surface area contributed by atoms with Crippen molar-refractivity contribution in [2.45, 2.75) is 18.9 Å². The van der Waals surface area contributed by atoms with Crippen LogP contribution in [-0.4, -0.2) is 21.3 Å². The zero-order valence-electron chi connectivity index (χ0n) is 8.05. The molecule has 1 aromatic carbocycles. The predicted molar refractivity (Wildman–Crippen MR) is 52.5 cm³/mol. The number of carbonyl (C=O) groups is 1. The number of aliphatic carboxylic acids is 1. The lowest BCUT2D eigenvalue weighted by Crippen LogP contribution is -2.27. The first-order valence-electron chi connectivity index (χ1n) is 4.82. The topological polar surface area (TPSA) is 77.8 Å². The first-order chi connectivity index (χ1) is 7.09. The highest BCUT2D eigenvalue weighted by Crippen LogP contribution is 2.35. The van der Waals surface area contributed by atoms with Crippen molar-refractivity contribution >= 4 is 5.97 Å². The molecule has 4 heteroatoms. The van der Waals surface area contributed by atoms with E-state index in [4.69, 9.17) is 5.11 Å². The van der Waals surface area contributed by atoms with Gasteiger partial charge in [0.1, 0.15) is 5.75 Å². The van der Waals surface area contributed by atoms with E-state index in [2.05, 4.69) is 0 Å². The maximum Gasteiger partial charge on any atom is 0.309 e. The molecular weight excluding hydrogens is 196 g/mol. The summed E-state index contributed by atoms with van der Waals surface area (Å²) in [5, 5.41) is 28.0. The van der Waals surface area contributed by atoms with Crippen LogP contribution >= 0.6 is 0 Å². The Morgan fingerprint density at radius 1 is 1.40 bits per heavy atom. The molecular formula is C11H12O4. The summed E-state index contributed by atoms with van der Waals surface area (Å²) < 4.78 is 0. The van der Waals surface area contributed by atoms with Crippen LogP contribution in [0.2, 0.25) is 0 Å². The van der Waals surface area contributed by atoms with Crippen molar-refractivity contribution < 1.29 is 20.1 Å². The third-order valence-electron chi connectivity index (χ3n) is 2.87. The molecule has 1 aliphatic rings. The average molecular weight is 208 g/mol. The lowest BCUT2D eigenvalue weighted by molar-refractivity contribution is -0.146. The number of carboxylic acids is 1. The highest BCUT2D eigenvalue weighted by Gasteiger charge is 2.32. The van der Waals surface area contributed by atoms with Gasteiger partial charge in [-0.05, 0) is 36.1 Å². The van der Waals surface area contributed by atoms with E-state index in [0.717, 1.165) is 5.56 Å². The molecule has 0 aromatic heterocycles. The van der Waals surface area contributed by atoms with Gasteiger partial charge in [-0.3, -0.25) is 4.79 Å². The van der Waals surface area contributed by atoms with Crippen molar-refractivity contribution in [3.05, 3.63) is 29.3 Å². The van der Waals surface area contributed by atoms with Gasteiger partial charge < -0.3 is 15.3 Å². The molecule has 80 valence electrons. The van der Waals surface area contributed by atoms with E-state index in [1.807, 2.05) is 0 Å². The number of aromatic hydroxyl groups is 1. The number of benzene rings is 1. The summed E-state index contributed by atoms with van der Waals surface area (Å²) in [4.78, 5) is 10.8. The van der Waals surface area contributed by atoms with Gasteiger partial charge in [-0.1, -0.05) is 6.07 Å². The normalized spacial score (nSPS) is 24.6. The summed E-state index contributed by atoms with van der Waals surface area (Å²) >= 11 is 0. The van der Waals surface area contributed by atoms with E-state index in [1.54, 1.807) is 12.1 Å². The zero-order chi connectivity index (χ0) is 11.0. The highest BCUT2D eigenvalue weighted by atomic mass is 16.4. The summed E-state index contributed by atoms with van der Waals surface area (Å²) in [6.45, 7) is 0. The molecule has 4 nitrogen and oxygen atoms in total. The number of hydrogen-bond acceptors (Lipinski definition) is 3. The number of hydrogen-bond donors (Lipinski definition) is 3. The minimum Gasteiger partial charge on any atom is -0.508 e. The van der Waals surface area contributed by atoms with Gasteiger partial charge in [0.25, 0.3) is 0 Å². The monoisotopic (exact) mass is 208 g/mol. The predicted octanol–water partition coefficient (Wildman–Crippen LogP) is 1.07. The molecule has 3 N–H and O–H groups in total. The fourth-order valence-corrected chi connectivity index (χ4v) is 2.04. The van der Waals surface area contributed by atoms with Crippen LogP contribution in [0.3, 0.4) is 0 Å². The minimum atomic E-state index is -0.971. The fraction of sp³-hybridized carbons (Fsp3) is 0.364. The van der Waals surface area contributed by atoms with Crippen LogP contribution in [0, 0.1) is 5.92 Å². The minimum absolute atomic E-state index is 0.148. The molecule has 2 atom stereocenters. The number of phenolic OH excluding ortho intramolecular Hbond substituents is 1. The maximum absolute atomic E-state index is 10.8. The number of aliphatic hydroxyl groups is 1. The molecule has 0 spiro atoms. The standard InChI is InChI=1S/C11H12O4/c12-7-2-4-8-6(5-7)1-3-9(10(8)13)11(14)15/h2,4-5,9-10,12-13H,1,3H2,(H,14,15)/t9-,10+/m0/s1. The van der Waals surface area contributed by atoms with Crippen molar-refractivity contribution in [3.8, 4) is 5.75 Å². The fourth-order valence-electron chi connectivity index (χ4n) is 2.04. The third-order valence-corrected chi connectivity index (χ3v) is 2.87. The van der Waals surface area contributed by atoms with Crippen LogP contribution in [0.4, 0.5) is 0 Å². The van der Waals surface area contributed by atoms with Crippen molar-refractivity contribution in [2.75, 3.05) is 0 Å². The first kappa shape index (κ1) is 9.98. The number of aryl methyl sites for hydroxylation is 1. The molecule has 0 unspecified atom stereocenters. The van der Waals surface area contributed by atoms with Crippen LogP contribution in [-0.2, 0) is 11.2 Å². The van der Waals surface area contributed by atoms with Gasteiger partial charge in [0.05, 0.1) is 12.0 Å². The zero-order valence-corrected chi connectivity index (χ0v) is 8.05. The quantitative estimate of drug-likeness (QED) is 0.645. The van der Waals surface area contributed by atoms with Crippen LogP contribution in [0.15, 0.2) is 18.2 Å². The molecule has 0 aliphatic heterocycles. The van der Waals surface area contributed by atoms with Crippen molar-refractivity contribution in [1.82, 2.24) is 0 Å². The van der Waals surface area contributed by atoms with Crippen LogP contribution in [0.5, 0.6) is 5.75 Å². The second-order valence-corrected chi connectivity index (χ2v) is 3.81. The van der Waals surface area contributed by atoms with E-state index in [9.17, 15) is 15.0 Å². The SMILES string of the molecule is O=C(O)[C@H]1CCc2cc(O)ccc2[C@H]1O. The summed E-state index contributed by atoms with van der Waals surface area (Å²) in [5.74, 6) is -1.56. The summed E-state index contributed by atoms with van der Waals surface area (Å²) in [7, 11) is 0. The molecule has 0 bridgehead atoms. The smallest absolute Gasteiger partial charge is 0.309 e. The molecule has 0 saturated heterocycles. The largest absolute Gasteiger partial charge is 0.508 e. The van der Waals surface area contributed by atoms with Gasteiger partial charge in [-0.15, -0.1) is 0 Å². The van der Waals surface area contributed by atoms with Crippen LogP contribution in [0.1, 0.15) is 23.7 Å². The van der Waals surface area contributed by atoms with E-state index >= 15 is 0 Å². The average Bonchev–Trinajstić information content (AvgIpc) is 2.17. The van der Waals surface area contributed by atoms with Crippen molar-refractivity contribution in [3.63, 3.8) is 0 Å². The van der Waals surface area contributed by atoms with E-state index in [1.165, 1.54) is 6.07 Å². The van der Waals surface area contributed by atoms with Gasteiger partial charge in [0, 0.05) is 0 Å². The van der Waals surface area contributed by atoms with Gasteiger partial charge in [-0.25, -0.2) is 0 Å². The van der Waals surface area contributed by atoms with E-state index in [0.29, 0.717) is 18.4 Å². The third kappa shape index (κ3) is 1.68. The number of rotatable bonds is 1. The lowest BCUT2D eigenvalue weighted by Gasteiger charge is -2.27. The summed E-state index contributed by atoms with van der Waals surface area (Å²) in [5.41, 5.74) is 1.45. The second kappa shape index (κ2) is 3.55. The van der Waals surface area contributed by atoms with Gasteiger partial charge in [-0.2, -0.15) is 0 Å². The van der Waals surface area contributed by atoms with E-state index < -0.39 is 18.0 Å². The maximum atomic E-state index is 10.8. The second-order valence-electron chi connectivity index (χ2n) is 3.81. The Kier molecular flexibility index (Phi) is 2.36. The molecule has 0 saturated carbocycles. The molecule has 1 aliphatic carbocycles. The Bertz CT molecular complexity index is 400. The molecule has 0 fully saturated rings. The molecule has 2 rings (SSSR count). The number of fused-ring (bicyclic) bond motifs is 1. The molecule has 1 aromatic rings. The number of carboxylic acid groups (broad SMARTS) is 1. The Morgan fingerprint density at radius 3 is 2.80 bits per heavy atom. The summed E-state index contributed by atoms with van der Waals surface area (Å²) in [6.07, 6.45) is 0.0249. The number of aliphatic hydroxyl groups excluding tert-OH is 1. The van der Waals surface area contributed by atoms with Gasteiger partial charge in [0.15, 0.2) is 0 Å². The first-order valence-corrected chi connectivity index (χ1v) is 4.82. The lowest BCUT2D eigenvalue weighted by atomic mass is 9.81. The van der Waals surface area contributed by atoms with Gasteiger partial charge in [0.2, 0.25) is 0 Å². The summed E-state index contributed by atoms with van der Waals surface area (Å²) in [6, 6.07) is 4.63. The number of phenols is 1. The molecule has 0 radical (unpaired) electrons. The molecule has 0 heterocycles. The molecule has 15 heavy (non-hydrogen) atoms. The highest BCUT2D eigenvalue weighted by molar-refractivity contribution is 5.71. The Labute approximate surface area is 86.8 Å². The Morgan fingerprint density at radius 2 is 2.13 bits per heavy atom. The van der Waals surface area contributed by atoms with Crippen LogP contribution < -0.4 is 0 Å².